The van der Waals surface area contributed by atoms with Gasteiger partial charge in [0.25, 0.3) is 5.69 Å². The van der Waals surface area contributed by atoms with Crippen LogP contribution in [0.4, 0.5) is 5.69 Å². The van der Waals surface area contributed by atoms with Crippen LogP contribution in [-0.2, 0) is 0 Å². The first-order valence-electron chi connectivity index (χ1n) is 6.98. The molecular formula is C14H15N3O2S2. The number of hydrogen-bond donors (Lipinski definition) is 0. The Labute approximate surface area is 131 Å². The number of aliphatic imine (C=N–C) groups is 1. The van der Waals surface area contributed by atoms with Gasteiger partial charge >= 0.3 is 0 Å². The Balaban J connectivity index is 1.94. The Morgan fingerprint density at radius 1 is 1.38 bits per heavy atom. The van der Waals surface area contributed by atoms with E-state index in [1.165, 1.54) is 36.7 Å². The van der Waals surface area contributed by atoms with Crippen molar-refractivity contribution in [1.29, 1.82) is 0 Å². The average Bonchev–Trinajstić information content (AvgIpc) is 2.80. The molecule has 0 radical (unpaired) electrons. The first-order valence-corrected chi connectivity index (χ1v) is 8.20. The highest BCUT2D eigenvalue weighted by Gasteiger charge is 2.13. The molecule has 3 rings (SSSR count). The summed E-state index contributed by atoms with van der Waals surface area (Å²) in [5.41, 5.74) is 0.977. The fraction of sp³-hybridized carbons (Fsp3) is 0.429. The highest BCUT2D eigenvalue weighted by Crippen LogP contribution is 2.27. The Bertz CT molecular complexity index is 757. The Morgan fingerprint density at radius 2 is 2.14 bits per heavy atom. The number of nitrogens with zero attached hydrogens (tertiary/aromatic N) is 3. The molecule has 1 aliphatic rings. The molecule has 1 aromatic carbocycles. The number of aromatic nitrogens is 1. The zero-order valence-corrected chi connectivity index (χ0v) is 13.0. The molecule has 0 spiro atoms. The van der Waals surface area contributed by atoms with E-state index in [-0.39, 0.29) is 10.6 Å². The van der Waals surface area contributed by atoms with Gasteiger partial charge in [0.2, 0.25) is 0 Å². The Morgan fingerprint density at radius 3 is 2.86 bits per heavy atom. The molecule has 0 bridgehead atoms. The second-order valence-corrected chi connectivity index (χ2v) is 6.88. The van der Waals surface area contributed by atoms with Crippen LogP contribution >= 0.6 is 23.6 Å². The van der Waals surface area contributed by atoms with Gasteiger partial charge in [0.1, 0.15) is 0 Å². The maximum Gasteiger partial charge on any atom is 0.270 e. The minimum atomic E-state index is -0.386. The van der Waals surface area contributed by atoms with Crippen molar-refractivity contribution in [2.24, 2.45) is 4.99 Å². The lowest BCUT2D eigenvalue weighted by atomic mass is 9.96. The summed E-state index contributed by atoms with van der Waals surface area (Å²) in [5.74, 6) is 0. The van der Waals surface area contributed by atoms with Crippen molar-refractivity contribution in [3.63, 3.8) is 0 Å². The van der Waals surface area contributed by atoms with E-state index < -0.39 is 0 Å². The quantitative estimate of drug-likeness (QED) is 0.274. The van der Waals surface area contributed by atoms with Crippen LogP contribution in [0.5, 0.6) is 0 Å². The molecule has 21 heavy (non-hydrogen) atoms. The third-order valence-electron chi connectivity index (χ3n) is 3.78. The van der Waals surface area contributed by atoms with Crippen molar-refractivity contribution in [1.82, 2.24) is 4.57 Å². The number of non-ortho nitro benzene ring substituents is 1. The first-order chi connectivity index (χ1) is 10.1. The maximum absolute atomic E-state index is 10.8. The zero-order valence-electron chi connectivity index (χ0n) is 11.4. The zero-order chi connectivity index (χ0) is 14.8. The van der Waals surface area contributed by atoms with Crippen LogP contribution in [0.2, 0.25) is 0 Å². The highest BCUT2D eigenvalue weighted by atomic mass is 32.1. The fourth-order valence-electron chi connectivity index (χ4n) is 2.64. The first kappa shape index (κ1) is 14.3. The molecule has 1 fully saturated rings. The summed E-state index contributed by atoms with van der Waals surface area (Å²) in [5, 5.41) is 10.8. The minimum absolute atomic E-state index is 0.0927. The molecule has 0 aliphatic heterocycles. The molecule has 5 nitrogen and oxygen atoms in total. The van der Waals surface area contributed by atoms with Gasteiger partial charge in [-0.3, -0.25) is 19.7 Å². The summed E-state index contributed by atoms with van der Waals surface area (Å²) >= 11 is 6.73. The molecule has 0 saturated heterocycles. The van der Waals surface area contributed by atoms with Crippen LogP contribution < -0.4 is 0 Å². The van der Waals surface area contributed by atoms with Gasteiger partial charge in [-0.25, -0.2) is 0 Å². The fourth-order valence-corrected chi connectivity index (χ4v) is 3.94. The topological polar surface area (TPSA) is 60.4 Å². The Kier molecular flexibility index (Phi) is 4.12. The smallest absolute Gasteiger partial charge is 0.270 e. The minimum Gasteiger partial charge on any atom is -0.282 e. The highest BCUT2D eigenvalue weighted by molar-refractivity contribution is 7.73. The van der Waals surface area contributed by atoms with Crippen molar-refractivity contribution in [3.05, 3.63) is 32.3 Å². The molecule has 1 aromatic heterocycles. The molecule has 0 unspecified atom stereocenters. The number of rotatable bonds is 3. The van der Waals surface area contributed by atoms with Gasteiger partial charge in [-0.05, 0) is 31.1 Å². The summed E-state index contributed by atoms with van der Waals surface area (Å²) in [6, 6.07) is 5.20. The summed E-state index contributed by atoms with van der Waals surface area (Å²) in [4.78, 5) is 15.1. The van der Waals surface area contributed by atoms with E-state index in [9.17, 15) is 10.1 Å². The second kappa shape index (κ2) is 6.03. The van der Waals surface area contributed by atoms with E-state index >= 15 is 0 Å². The van der Waals surface area contributed by atoms with E-state index in [2.05, 4.69) is 4.99 Å². The van der Waals surface area contributed by atoms with E-state index in [4.69, 9.17) is 12.2 Å². The van der Waals surface area contributed by atoms with E-state index in [0.29, 0.717) is 10.00 Å². The lowest BCUT2D eigenvalue weighted by Gasteiger charge is -2.17. The number of nitro benzene ring substituents is 1. The van der Waals surface area contributed by atoms with Crippen LogP contribution in [0.15, 0.2) is 23.2 Å². The number of hydrogen-bond acceptors (Lipinski definition) is 5. The molecule has 2 aromatic rings. The average molecular weight is 321 g/mol. The lowest BCUT2D eigenvalue weighted by molar-refractivity contribution is -0.384. The van der Waals surface area contributed by atoms with Gasteiger partial charge in [-0.2, -0.15) is 0 Å². The van der Waals surface area contributed by atoms with Gasteiger partial charge < -0.3 is 0 Å². The van der Waals surface area contributed by atoms with Gasteiger partial charge in [-0.1, -0.05) is 19.3 Å². The van der Waals surface area contributed by atoms with E-state index in [1.54, 1.807) is 18.5 Å². The molecule has 1 heterocycles. The maximum atomic E-state index is 10.8. The largest absolute Gasteiger partial charge is 0.282 e. The van der Waals surface area contributed by atoms with E-state index in [1.807, 2.05) is 4.57 Å². The normalized spacial score (nSPS) is 16.8. The number of benzene rings is 1. The molecule has 1 aliphatic carbocycles. The van der Waals surface area contributed by atoms with Crippen molar-refractivity contribution in [2.45, 2.75) is 38.1 Å². The number of thiazole rings is 1. The van der Waals surface area contributed by atoms with Crippen molar-refractivity contribution >= 4 is 45.8 Å². The molecule has 1 saturated carbocycles. The summed E-state index contributed by atoms with van der Waals surface area (Å²) < 4.78 is 3.35. The van der Waals surface area contributed by atoms with Crippen molar-refractivity contribution < 1.29 is 4.92 Å². The van der Waals surface area contributed by atoms with Crippen LogP contribution in [0.1, 0.15) is 32.1 Å². The summed E-state index contributed by atoms with van der Waals surface area (Å²) in [7, 11) is 0. The van der Waals surface area contributed by atoms with Gasteiger partial charge in [0.15, 0.2) is 3.95 Å². The molecular weight excluding hydrogens is 306 g/mol. The monoisotopic (exact) mass is 321 g/mol. The second-order valence-electron chi connectivity index (χ2n) is 5.20. The van der Waals surface area contributed by atoms with Gasteiger partial charge in [-0.15, -0.1) is 11.3 Å². The van der Waals surface area contributed by atoms with Crippen LogP contribution in [0.25, 0.3) is 10.2 Å². The third kappa shape index (κ3) is 3.03. The Hall–Kier alpha value is -1.60. The van der Waals surface area contributed by atoms with Crippen molar-refractivity contribution in [2.75, 3.05) is 0 Å². The lowest BCUT2D eigenvalue weighted by Crippen LogP contribution is -2.11. The SMILES string of the molecule is O=[N+]([O-])c1ccc2c(c1)sc(=S)n2C=NC1CCCCC1. The van der Waals surface area contributed by atoms with Crippen LogP contribution in [-0.4, -0.2) is 21.9 Å². The summed E-state index contributed by atoms with van der Waals surface area (Å²) in [6.07, 6.45) is 7.85. The number of nitro groups is 1. The predicted octanol–water partition coefficient (Wildman–Crippen LogP) is 4.55. The van der Waals surface area contributed by atoms with Gasteiger partial charge in [0, 0.05) is 12.1 Å². The standard InChI is InChI=1S/C14H15N3O2S2/c18-17(19)11-6-7-12-13(8-11)21-14(20)16(12)9-15-10-4-2-1-3-5-10/h6-10H,1-5H2. The third-order valence-corrected chi connectivity index (χ3v) is 5.14. The number of fused-ring (bicyclic) bond motifs is 1. The molecule has 7 heteroatoms. The summed E-state index contributed by atoms with van der Waals surface area (Å²) in [6.45, 7) is 0. The molecule has 110 valence electrons. The van der Waals surface area contributed by atoms with Crippen LogP contribution in [0.3, 0.4) is 0 Å². The predicted molar refractivity (Wildman–Crippen MR) is 88.1 cm³/mol. The van der Waals surface area contributed by atoms with Crippen molar-refractivity contribution in [3.8, 4) is 0 Å². The van der Waals surface area contributed by atoms with E-state index in [0.717, 1.165) is 23.1 Å². The molecule has 0 amide bonds. The van der Waals surface area contributed by atoms with Gasteiger partial charge in [0.05, 0.1) is 27.5 Å². The molecule has 0 N–H and O–H groups in total. The molecule has 0 atom stereocenters. The van der Waals surface area contributed by atoms with Crippen LogP contribution in [0, 0.1) is 14.1 Å².